The Morgan fingerprint density at radius 1 is 1.35 bits per heavy atom. The summed E-state index contributed by atoms with van der Waals surface area (Å²) in [6.07, 6.45) is 1.65. The topological polar surface area (TPSA) is 83.8 Å². The van der Waals surface area contributed by atoms with Crippen molar-refractivity contribution in [2.24, 2.45) is 0 Å². The van der Waals surface area contributed by atoms with Gasteiger partial charge in [0.2, 0.25) is 0 Å². The Labute approximate surface area is 98.6 Å². The molecule has 0 aliphatic rings. The van der Waals surface area contributed by atoms with Gasteiger partial charge in [-0.05, 0) is 25.0 Å². The van der Waals surface area contributed by atoms with Crippen molar-refractivity contribution in [3.8, 4) is 11.5 Å². The number of hydrogen-bond acceptors (Lipinski definition) is 5. The summed E-state index contributed by atoms with van der Waals surface area (Å²) >= 11 is 0. The van der Waals surface area contributed by atoms with Crippen molar-refractivity contribution in [1.29, 1.82) is 0 Å². The van der Waals surface area contributed by atoms with Gasteiger partial charge in [-0.2, -0.15) is 0 Å². The quantitative estimate of drug-likeness (QED) is 0.337. The highest BCUT2D eigenvalue weighted by atomic mass is 16.5. The van der Waals surface area contributed by atoms with E-state index in [4.69, 9.17) is 9.84 Å². The lowest BCUT2D eigenvalue weighted by atomic mass is 10.2. The molecule has 0 aliphatic heterocycles. The van der Waals surface area contributed by atoms with E-state index in [0.717, 1.165) is 0 Å². The zero-order valence-electron chi connectivity index (χ0n) is 9.26. The van der Waals surface area contributed by atoms with Gasteiger partial charge in [0.1, 0.15) is 0 Å². The maximum Gasteiger partial charge on any atom is 0.311 e. The summed E-state index contributed by atoms with van der Waals surface area (Å²) in [7, 11) is 0. The number of ether oxygens (including phenoxy) is 1. The van der Waals surface area contributed by atoms with Crippen molar-refractivity contribution >= 4 is 12.3 Å². The fourth-order valence-electron chi connectivity index (χ4n) is 1.29. The van der Waals surface area contributed by atoms with Gasteiger partial charge in [-0.15, -0.1) is 0 Å². The molecule has 1 aromatic rings. The van der Waals surface area contributed by atoms with Crippen LogP contribution in [-0.4, -0.2) is 29.1 Å². The number of para-hydroxylation sites is 1. The Kier molecular flexibility index (Phi) is 5.16. The van der Waals surface area contributed by atoms with Crippen LogP contribution in [0.25, 0.3) is 0 Å². The van der Waals surface area contributed by atoms with Crippen LogP contribution in [0.4, 0.5) is 0 Å². The van der Waals surface area contributed by atoms with Crippen LogP contribution in [0.15, 0.2) is 18.2 Å². The van der Waals surface area contributed by atoms with Crippen LogP contribution in [0.5, 0.6) is 11.5 Å². The van der Waals surface area contributed by atoms with Crippen molar-refractivity contribution in [2.75, 3.05) is 6.61 Å². The number of carbonyl (C=O) groups excluding carboxylic acids is 2. The first-order valence-corrected chi connectivity index (χ1v) is 5.27. The third-order valence-electron chi connectivity index (χ3n) is 2.16. The molecule has 1 rings (SSSR count). The number of benzene rings is 1. The average Bonchev–Trinajstić information content (AvgIpc) is 2.32. The Morgan fingerprint density at radius 3 is 2.76 bits per heavy atom. The average molecular weight is 238 g/mol. The number of phenolic OH excluding ortho intramolecular Hbond substituents is 1. The van der Waals surface area contributed by atoms with E-state index in [-0.39, 0.29) is 30.1 Å². The summed E-state index contributed by atoms with van der Waals surface area (Å²) in [4.78, 5) is 22.1. The number of phenols is 1. The first kappa shape index (κ1) is 13.2. The first-order valence-electron chi connectivity index (χ1n) is 5.27. The zero-order chi connectivity index (χ0) is 12.7. The van der Waals surface area contributed by atoms with E-state index < -0.39 is 5.97 Å². The fourth-order valence-corrected chi connectivity index (χ4v) is 1.29. The molecule has 0 atom stereocenters. The van der Waals surface area contributed by atoms with Crippen molar-refractivity contribution < 1.29 is 24.5 Å². The summed E-state index contributed by atoms with van der Waals surface area (Å²) in [5.74, 6) is -0.898. The van der Waals surface area contributed by atoms with Crippen LogP contribution >= 0.6 is 0 Å². The van der Waals surface area contributed by atoms with Gasteiger partial charge >= 0.3 is 5.97 Å². The highest BCUT2D eigenvalue weighted by Crippen LogP contribution is 2.29. The smallest absolute Gasteiger partial charge is 0.311 e. The largest absolute Gasteiger partial charge is 0.504 e. The minimum atomic E-state index is -0.539. The number of aromatic hydroxyl groups is 1. The number of carbonyl (C=O) groups is 2. The molecule has 0 aliphatic carbocycles. The van der Waals surface area contributed by atoms with E-state index in [0.29, 0.717) is 19.1 Å². The second kappa shape index (κ2) is 6.65. The maximum atomic E-state index is 11.4. The third kappa shape index (κ3) is 3.88. The minimum Gasteiger partial charge on any atom is -0.504 e. The van der Waals surface area contributed by atoms with E-state index in [9.17, 15) is 14.7 Å². The Hall–Kier alpha value is -1.88. The number of esters is 1. The molecule has 5 heteroatoms. The van der Waals surface area contributed by atoms with Crippen molar-refractivity contribution in [3.05, 3.63) is 23.8 Å². The maximum absolute atomic E-state index is 11.4. The Bertz CT molecular complexity index is 400. The molecule has 1 aromatic carbocycles. The van der Waals surface area contributed by atoms with Crippen molar-refractivity contribution in [1.82, 2.24) is 0 Å². The van der Waals surface area contributed by atoms with E-state index in [1.165, 1.54) is 18.2 Å². The summed E-state index contributed by atoms with van der Waals surface area (Å²) in [5, 5.41) is 18.0. The lowest BCUT2D eigenvalue weighted by molar-refractivity contribution is -0.134. The van der Waals surface area contributed by atoms with Crippen LogP contribution in [-0.2, 0) is 4.79 Å². The van der Waals surface area contributed by atoms with Crippen LogP contribution in [0, 0.1) is 0 Å². The molecule has 0 saturated carbocycles. The SMILES string of the molecule is O=Cc1cccc(O)c1OC(=O)CCCCO. The molecule has 0 heterocycles. The second-order valence-electron chi connectivity index (χ2n) is 3.47. The van der Waals surface area contributed by atoms with Crippen LogP contribution in [0.1, 0.15) is 29.6 Å². The highest BCUT2D eigenvalue weighted by molar-refractivity contribution is 5.84. The lowest BCUT2D eigenvalue weighted by Gasteiger charge is -2.07. The normalized spacial score (nSPS) is 9.94. The van der Waals surface area contributed by atoms with Gasteiger partial charge in [0.05, 0.1) is 5.56 Å². The summed E-state index contributed by atoms with van der Waals surface area (Å²) < 4.78 is 4.91. The predicted molar refractivity (Wildman–Crippen MR) is 60.1 cm³/mol. The molecular weight excluding hydrogens is 224 g/mol. The number of unbranched alkanes of at least 4 members (excludes halogenated alkanes) is 1. The number of aliphatic hydroxyl groups excluding tert-OH is 1. The molecule has 0 saturated heterocycles. The van der Waals surface area contributed by atoms with Gasteiger partial charge in [0.25, 0.3) is 0 Å². The number of rotatable bonds is 6. The van der Waals surface area contributed by atoms with Gasteiger partial charge in [-0.25, -0.2) is 0 Å². The fraction of sp³-hybridized carbons (Fsp3) is 0.333. The summed E-state index contributed by atoms with van der Waals surface area (Å²) in [6.45, 7) is 0.0173. The molecule has 0 amide bonds. The summed E-state index contributed by atoms with van der Waals surface area (Å²) in [6, 6.07) is 4.27. The molecule has 0 unspecified atom stereocenters. The van der Waals surface area contributed by atoms with Gasteiger partial charge in [-0.1, -0.05) is 6.07 Å². The number of aliphatic hydroxyl groups is 1. The van der Waals surface area contributed by atoms with E-state index in [1.807, 2.05) is 0 Å². The van der Waals surface area contributed by atoms with Gasteiger partial charge in [-0.3, -0.25) is 9.59 Å². The monoisotopic (exact) mass is 238 g/mol. The van der Waals surface area contributed by atoms with Crippen LogP contribution in [0.2, 0.25) is 0 Å². The standard InChI is InChI=1S/C12H14O5/c13-7-2-1-6-11(16)17-12-9(8-14)4-3-5-10(12)15/h3-5,8,13,15H,1-2,6-7H2. The highest BCUT2D eigenvalue weighted by Gasteiger charge is 2.12. The predicted octanol–water partition coefficient (Wildman–Crippen LogP) is 1.27. The van der Waals surface area contributed by atoms with Gasteiger partial charge in [0.15, 0.2) is 17.8 Å². The minimum absolute atomic E-state index is 0.0173. The Morgan fingerprint density at radius 2 is 2.12 bits per heavy atom. The third-order valence-corrected chi connectivity index (χ3v) is 2.16. The molecule has 0 fully saturated rings. The van der Waals surface area contributed by atoms with Gasteiger partial charge < -0.3 is 14.9 Å². The van der Waals surface area contributed by atoms with E-state index >= 15 is 0 Å². The van der Waals surface area contributed by atoms with E-state index in [1.54, 1.807) is 0 Å². The molecule has 0 spiro atoms. The first-order chi connectivity index (χ1) is 8.19. The molecule has 92 valence electrons. The summed E-state index contributed by atoms with van der Waals surface area (Å²) in [5.41, 5.74) is 0.125. The van der Waals surface area contributed by atoms with Crippen LogP contribution in [0.3, 0.4) is 0 Å². The second-order valence-corrected chi connectivity index (χ2v) is 3.47. The molecule has 0 radical (unpaired) electrons. The van der Waals surface area contributed by atoms with Crippen LogP contribution < -0.4 is 4.74 Å². The Balaban J connectivity index is 2.67. The van der Waals surface area contributed by atoms with Gasteiger partial charge in [0, 0.05) is 13.0 Å². The number of aldehydes is 1. The zero-order valence-corrected chi connectivity index (χ0v) is 9.26. The van der Waals surface area contributed by atoms with E-state index in [2.05, 4.69) is 0 Å². The molecular formula is C12H14O5. The van der Waals surface area contributed by atoms with Crippen molar-refractivity contribution in [3.63, 3.8) is 0 Å². The lowest BCUT2D eigenvalue weighted by Crippen LogP contribution is -2.09. The number of hydrogen-bond donors (Lipinski definition) is 2. The molecule has 5 nitrogen and oxygen atoms in total. The molecule has 0 aromatic heterocycles. The molecule has 2 N–H and O–H groups in total. The molecule has 0 bridgehead atoms. The van der Waals surface area contributed by atoms with Crippen molar-refractivity contribution in [2.45, 2.75) is 19.3 Å². The molecule has 17 heavy (non-hydrogen) atoms.